The fourth-order valence-electron chi connectivity index (χ4n) is 4.38. The number of anilines is 2. The van der Waals surface area contributed by atoms with Gasteiger partial charge in [0.2, 0.25) is 0 Å². The van der Waals surface area contributed by atoms with Crippen LogP contribution in [0.25, 0.3) is 10.2 Å². The zero-order valence-electron chi connectivity index (χ0n) is 20.3. The number of aromatic nitrogens is 1. The highest BCUT2D eigenvalue weighted by Crippen LogP contribution is 2.32. The maximum absolute atomic E-state index is 14.5. The van der Waals surface area contributed by atoms with E-state index < -0.39 is 23.6 Å². The van der Waals surface area contributed by atoms with Crippen molar-refractivity contribution in [1.29, 1.82) is 0 Å². The third kappa shape index (κ3) is 5.38. The lowest BCUT2D eigenvalue weighted by molar-refractivity contribution is -0.134. The Labute approximate surface area is 224 Å². The van der Waals surface area contributed by atoms with Gasteiger partial charge in [-0.15, -0.1) is 11.3 Å². The zero-order chi connectivity index (χ0) is 27.1. The van der Waals surface area contributed by atoms with Crippen LogP contribution in [0.3, 0.4) is 0 Å². The van der Waals surface area contributed by atoms with Gasteiger partial charge in [-0.2, -0.15) is 0 Å². The van der Waals surface area contributed by atoms with Gasteiger partial charge in [-0.05, 0) is 48.5 Å². The third-order valence-corrected chi connectivity index (χ3v) is 7.28. The van der Waals surface area contributed by atoms with Crippen molar-refractivity contribution in [1.82, 2.24) is 9.88 Å². The molecule has 0 unspecified atom stereocenters. The maximum atomic E-state index is 14.5. The van der Waals surface area contributed by atoms with Crippen LogP contribution in [0.4, 0.5) is 24.5 Å². The first-order valence-electron chi connectivity index (χ1n) is 12.0. The van der Waals surface area contributed by atoms with Gasteiger partial charge in [-0.3, -0.25) is 14.5 Å². The molecule has 0 aliphatic carbocycles. The molecule has 6 rings (SSSR count). The summed E-state index contributed by atoms with van der Waals surface area (Å²) in [4.78, 5) is 32.6. The van der Waals surface area contributed by atoms with Gasteiger partial charge in [0.1, 0.15) is 23.9 Å². The van der Waals surface area contributed by atoms with Crippen molar-refractivity contribution < 1.29 is 32.2 Å². The van der Waals surface area contributed by atoms with Crippen LogP contribution in [-0.2, 0) is 6.54 Å². The fraction of sp³-hybridized carbons (Fsp3) is 0.222. The molecule has 1 saturated heterocycles. The van der Waals surface area contributed by atoms with E-state index >= 15 is 0 Å². The van der Waals surface area contributed by atoms with Gasteiger partial charge in [-0.1, -0.05) is 6.07 Å². The number of hydrogen-bond acceptors (Lipinski definition) is 7. The van der Waals surface area contributed by atoms with Gasteiger partial charge in [-0.25, -0.2) is 18.2 Å². The summed E-state index contributed by atoms with van der Waals surface area (Å²) in [5, 5.41) is 5.95. The second-order valence-electron chi connectivity index (χ2n) is 9.27. The lowest BCUT2D eigenvalue weighted by Crippen LogP contribution is -2.55. The largest absolute Gasteiger partial charge is 0.486 e. The number of fused-ring (bicyclic) bond motifs is 2. The molecule has 2 N–H and O–H groups in total. The quantitative estimate of drug-likeness (QED) is 0.342. The number of thiophene rings is 1. The molecule has 39 heavy (non-hydrogen) atoms. The standard InChI is InChI=1S/C27H21F3N4O4S/c28-19-5-4-17(31-24(35)15-2-6-21-22(9-15)38-8-7-37-21)11-20(19)33-25(36)23-10-16-1-3-18(32-26(16)39-23)12-34-13-27(29,30)14-34/h1-6,9-11H,7-8,12-14H2,(H,31,35)(H,33,36). The van der Waals surface area contributed by atoms with Crippen LogP contribution in [0.5, 0.6) is 11.5 Å². The molecule has 200 valence electrons. The van der Waals surface area contributed by atoms with E-state index in [2.05, 4.69) is 15.6 Å². The Hall–Kier alpha value is -4.16. The first kappa shape index (κ1) is 25.1. The van der Waals surface area contributed by atoms with Gasteiger partial charge < -0.3 is 20.1 Å². The molecule has 4 aromatic rings. The molecule has 12 heteroatoms. The molecule has 2 aliphatic heterocycles. The minimum atomic E-state index is -2.65. The van der Waals surface area contributed by atoms with E-state index in [1.807, 2.05) is 0 Å². The first-order chi connectivity index (χ1) is 18.7. The molecule has 2 aliphatic rings. The highest BCUT2D eigenvalue weighted by molar-refractivity contribution is 7.20. The monoisotopic (exact) mass is 554 g/mol. The number of benzene rings is 2. The van der Waals surface area contributed by atoms with Gasteiger partial charge in [0.25, 0.3) is 17.7 Å². The van der Waals surface area contributed by atoms with E-state index in [1.165, 1.54) is 12.1 Å². The van der Waals surface area contributed by atoms with E-state index in [-0.39, 0.29) is 24.5 Å². The molecular weight excluding hydrogens is 533 g/mol. The second-order valence-corrected chi connectivity index (χ2v) is 10.3. The normalized spacial score (nSPS) is 16.0. The number of pyridine rings is 1. The van der Waals surface area contributed by atoms with Gasteiger partial charge in [0.15, 0.2) is 11.5 Å². The molecule has 0 spiro atoms. The Balaban J connectivity index is 1.14. The summed E-state index contributed by atoms with van der Waals surface area (Å²) in [6.45, 7) is 0.514. The average molecular weight is 555 g/mol. The fourth-order valence-corrected chi connectivity index (χ4v) is 5.32. The molecule has 8 nitrogen and oxygen atoms in total. The van der Waals surface area contributed by atoms with Crippen molar-refractivity contribution in [3.8, 4) is 11.5 Å². The number of likely N-dealkylation sites (tertiary alicyclic amines) is 1. The Bertz CT molecular complexity index is 1600. The average Bonchev–Trinajstić information content (AvgIpc) is 3.33. The number of ether oxygens (including phenoxy) is 2. The molecule has 2 amide bonds. The Morgan fingerprint density at radius 2 is 1.74 bits per heavy atom. The Morgan fingerprint density at radius 1 is 0.949 bits per heavy atom. The highest BCUT2D eigenvalue weighted by atomic mass is 32.1. The summed E-state index contributed by atoms with van der Waals surface area (Å²) in [7, 11) is 0. The van der Waals surface area contributed by atoms with Crippen molar-refractivity contribution in [2.75, 3.05) is 36.9 Å². The molecule has 2 aromatic heterocycles. The topological polar surface area (TPSA) is 92.8 Å². The third-order valence-electron chi connectivity index (χ3n) is 6.24. The zero-order valence-corrected chi connectivity index (χ0v) is 21.1. The summed E-state index contributed by atoms with van der Waals surface area (Å²) in [6, 6.07) is 13.8. The van der Waals surface area contributed by atoms with Crippen LogP contribution in [0.1, 0.15) is 25.7 Å². The molecule has 1 fully saturated rings. The number of halogens is 3. The van der Waals surface area contributed by atoms with Crippen molar-refractivity contribution >= 4 is 44.7 Å². The summed E-state index contributed by atoms with van der Waals surface area (Å²) in [5.41, 5.74) is 1.13. The molecule has 0 atom stereocenters. The van der Waals surface area contributed by atoms with Crippen molar-refractivity contribution in [3.63, 3.8) is 0 Å². The molecular formula is C27H21F3N4O4S. The molecule has 0 radical (unpaired) electrons. The summed E-state index contributed by atoms with van der Waals surface area (Å²) < 4.78 is 51.7. The van der Waals surface area contributed by atoms with Crippen molar-refractivity contribution in [3.05, 3.63) is 76.5 Å². The number of carbonyl (C=O) groups is 2. The molecule has 0 saturated carbocycles. The SMILES string of the molecule is O=C(Nc1ccc(F)c(NC(=O)c2cc3ccc(CN4CC(F)(F)C4)nc3s2)c1)c1ccc2c(c1)OCCO2. The van der Waals surface area contributed by atoms with E-state index in [4.69, 9.17) is 9.47 Å². The number of carbonyl (C=O) groups excluding carboxylic acids is 2. The minimum Gasteiger partial charge on any atom is -0.486 e. The smallest absolute Gasteiger partial charge is 0.272 e. The van der Waals surface area contributed by atoms with Crippen molar-refractivity contribution in [2.45, 2.75) is 12.5 Å². The number of nitrogens with zero attached hydrogens (tertiary/aromatic N) is 2. The van der Waals surface area contributed by atoms with E-state index in [9.17, 15) is 22.8 Å². The number of hydrogen-bond donors (Lipinski definition) is 2. The van der Waals surface area contributed by atoms with Crippen LogP contribution in [0.2, 0.25) is 0 Å². The second kappa shape index (κ2) is 9.86. The summed E-state index contributed by atoms with van der Waals surface area (Å²) >= 11 is 1.12. The number of amides is 2. The summed E-state index contributed by atoms with van der Waals surface area (Å²) in [6.07, 6.45) is 0. The number of nitrogens with one attached hydrogen (secondary N) is 2. The Morgan fingerprint density at radius 3 is 2.54 bits per heavy atom. The summed E-state index contributed by atoms with van der Waals surface area (Å²) in [5.74, 6) is -3.29. The van der Waals surface area contributed by atoms with Crippen LogP contribution in [0, 0.1) is 5.82 Å². The molecule has 0 bridgehead atoms. The van der Waals surface area contributed by atoms with Gasteiger partial charge in [0.05, 0.1) is 29.3 Å². The highest BCUT2D eigenvalue weighted by Gasteiger charge is 2.43. The van der Waals surface area contributed by atoms with Crippen molar-refractivity contribution in [2.24, 2.45) is 0 Å². The predicted octanol–water partition coefficient (Wildman–Crippen LogP) is 5.16. The van der Waals surface area contributed by atoms with Crippen LogP contribution >= 0.6 is 11.3 Å². The Kier molecular flexibility index (Phi) is 6.35. The van der Waals surface area contributed by atoms with Crippen LogP contribution in [0.15, 0.2) is 54.6 Å². The predicted molar refractivity (Wildman–Crippen MR) is 140 cm³/mol. The lowest BCUT2D eigenvalue weighted by atomic mass is 10.1. The lowest BCUT2D eigenvalue weighted by Gasteiger charge is -2.38. The molecule has 2 aromatic carbocycles. The number of rotatable bonds is 6. The van der Waals surface area contributed by atoms with E-state index in [0.29, 0.717) is 57.6 Å². The maximum Gasteiger partial charge on any atom is 0.272 e. The van der Waals surface area contributed by atoms with Crippen LogP contribution < -0.4 is 20.1 Å². The first-order valence-corrected chi connectivity index (χ1v) is 12.9. The van der Waals surface area contributed by atoms with Gasteiger partial charge in [0, 0.05) is 23.2 Å². The van der Waals surface area contributed by atoms with Gasteiger partial charge >= 0.3 is 0 Å². The van der Waals surface area contributed by atoms with E-state index in [0.717, 1.165) is 17.4 Å². The number of alkyl halides is 2. The minimum absolute atomic E-state index is 0.107. The molecule has 4 heterocycles. The van der Waals surface area contributed by atoms with E-state index in [1.54, 1.807) is 41.3 Å². The van der Waals surface area contributed by atoms with Crippen LogP contribution in [-0.4, -0.2) is 53.9 Å².